The topological polar surface area (TPSA) is 46.0 Å². The number of rotatable bonds is 6. The summed E-state index contributed by atoms with van der Waals surface area (Å²) in [6.45, 7) is 13.0. The molecular weight excluding hydrogens is 250 g/mol. The molecule has 0 aromatic carbocycles. The lowest BCUT2D eigenvalue weighted by atomic mass is 9.95. The molecule has 2 rings (SSSR count). The molecule has 1 aromatic rings. The smallest absolute Gasteiger partial charge is 0.141 e. The minimum absolute atomic E-state index is 0.598. The van der Waals surface area contributed by atoms with Crippen molar-refractivity contribution in [2.45, 2.75) is 65.7 Å². The highest BCUT2D eigenvalue weighted by molar-refractivity contribution is 4.92. The number of piperazine rings is 1. The summed E-state index contributed by atoms with van der Waals surface area (Å²) < 4.78 is 2.01. The SMILES string of the molecule is CCC(C)C1CN(Cc2ncnn2CC)C(CC)CN1. The summed E-state index contributed by atoms with van der Waals surface area (Å²) in [4.78, 5) is 7.02. The van der Waals surface area contributed by atoms with E-state index in [-0.39, 0.29) is 0 Å². The number of aryl methyl sites for hydroxylation is 1. The van der Waals surface area contributed by atoms with Gasteiger partial charge in [-0.05, 0) is 19.3 Å². The van der Waals surface area contributed by atoms with E-state index < -0.39 is 0 Å². The predicted octanol–water partition coefficient (Wildman–Crippen LogP) is 1.90. The van der Waals surface area contributed by atoms with Crippen LogP contribution in [0.2, 0.25) is 0 Å². The minimum atomic E-state index is 0.598. The zero-order valence-corrected chi connectivity index (χ0v) is 13.3. The second-order valence-electron chi connectivity index (χ2n) is 5.88. The highest BCUT2D eigenvalue weighted by atomic mass is 15.4. The van der Waals surface area contributed by atoms with Crippen LogP contribution < -0.4 is 5.32 Å². The van der Waals surface area contributed by atoms with Crippen LogP contribution in [0.4, 0.5) is 0 Å². The van der Waals surface area contributed by atoms with Crippen LogP contribution in [0.5, 0.6) is 0 Å². The van der Waals surface area contributed by atoms with Gasteiger partial charge in [0.1, 0.15) is 12.2 Å². The summed E-state index contributed by atoms with van der Waals surface area (Å²) in [5, 5.41) is 8.01. The third kappa shape index (κ3) is 3.38. The van der Waals surface area contributed by atoms with Crippen LogP contribution in [-0.4, -0.2) is 44.8 Å². The van der Waals surface area contributed by atoms with Gasteiger partial charge in [-0.3, -0.25) is 4.90 Å². The molecule has 5 heteroatoms. The Kier molecular flexibility index (Phi) is 5.54. The monoisotopic (exact) mass is 279 g/mol. The van der Waals surface area contributed by atoms with Gasteiger partial charge in [0.25, 0.3) is 0 Å². The highest BCUT2D eigenvalue weighted by Gasteiger charge is 2.29. The number of nitrogens with zero attached hydrogens (tertiary/aromatic N) is 4. The molecule has 1 aliphatic rings. The van der Waals surface area contributed by atoms with E-state index in [1.165, 1.54) is 12.8 Å². The summed E-state index contributed by atoms with van der Waals surface area (Å²) in [6.07, 6.45) is 4.09. The molecule has 1 fully saturated rings. The molecule has 0 bridgehead atoms. The lowest BCUT2D eigenvalue weighted by Crippen LogP contribution is -2.57. The quantitative estimate of drug-likeness (QED) is 0.864. The summed E-state index contributed by atoms with van der Waals surface area (Å²) in [7, 11) is 0. The van der Waals surface area contributed by atoms with Gasteiger partial charge in [-0.25, -0.2) is 9.67 Å². The van der Waals surface area contributed by atoms with E-state index in [2.05, 4.69) is 48.0 Å². The maximum Gasteiger partial charge on any atom is 0.141 e. The van der Waals surface area contributed by atoms with Crippen LogP contribution in [0.15, 0.2) is 6.33 Å². The van der Waals surface area contributed by atoms with Gasteiger partial charge < -0.3 is 5.32 Å². The molecule has 20 heavy (non-hydrogen) atoms. The summed E-state index contributed by atoms with van der Waals surface area (Å²) in [6, 6.07) is 1.21. The molecule has 3 atom stereocenters. The fraction of sp³-hybridized carbons (Fsp3) is 0.867. The van der Waals surface area contributed by atoms with Crippen molar-refractivity contribution < 1.29 is 0 Å². The molecule has 114 valence electrons. The minimum Gasteiger partial charge on any atom is -0.311 e. The largest absolute Gasteiger partial charge is 0.311 e. The standard InChI is InChI=1S/C15H29N5/c1-5-12(4)14-9-19(13(6-2)8-16-14)10-15-17-11-18-20(15)7-3/h11-14,16H,5-10H2,1-4H3. The van der Waals surface area contributed by atoms with E-state index in [0.717, 1.165) is 37.9 Å². The number of hydrogen-bond donors (Lipinski definition) is 1. The Labute approximate surface area is 122 Å². The Morgan fingerprint density at radius 1 is 1.40 bits per heavy atom. The second kappa shape index (κ2) is 7.18. The Hall–Kier alpha value is -0.940. The molecule has 1 aliphatic heterocycles. The van der Waals surface area contributed by atoms with Gasteiger partial charge in [0.15, 0.2) is 0 Å². The van der Waals surface area contributed by atoms with Crippen molar-refractivity contribution in [3.63, 3.8) is 0 Å². The first kappa shape index (κ1) is 15.4. The van der Waals surface area contributed by atoms with E-state index in [0.29, 0.717) is 12.1 Å². The van der Waals surface area contributed by atoms with Crippen LogP contribution in [0.3, 0.4) is 0 Å². The number of aromatic nitrogens is 3. The first-order chi connectivity index (χ1) is 9.69. The van der Waals surface area contributed by atoms with Gasteiger partial charge in [0.05, 0.1) is 6.54 Å². The van der Waals surface area contributed by atoms with Crippen LogP contribution in [0.25, 0.3) is 0 Å². The Balaban J connectivity index is 2.05. The number of hydrogen-bond acceptors (Lipinski definition) is 4. The van der Waals surface area contributed by atoms with Gasteiger partial charge >= 0.3 is 0 Å². The van der Waals surface area contributed by atoms with Crippen molar-refractivity contribution in [1.29, 1.82) is 0 Å². The fourth-order valence-electron chi connectivity index (χ4n) is 3.00. The molecule has 1 saturated heterocycles. The normalized spacial score (nSPS) is 25.8. The lowest BCUT2D eigenvalue weighted by molar-refractivity contribution is 0.0952. The predicted molar refractivity (Wildman–Crippen MR) is 81.4 cm³/mol. The second-order valence-corrected chi connectivity index (χ2v) is 5.88. The van der Waals surface area contributed by atoms with E-state index in [4.69, 9.17) is 0 Å². The average molecular weight is 279 g/mol. The van der Waals surface area contributed by atoms with Gasteiger partial charge in [0.2, 0.25) is 0 Å². The lowest BCUT2D eigenvalue weighted by Gasteiger charge is -2.41. The maximum atomic E-state index is 4.43. The zero-order valence-electron chi connectivity index (χ0n) is 13.3. The molecular formula is C15H29N5. The van der Waals surface area contributed by atoms with Crippen molar-refractivity contribution in [2.24, 2.45) is 5.92 Å². The molecule has 3 unspecified atom stereocenters. The maximum absolute atomic E-state index is 4.43. The van der Waals surface area contributed by atoms with E-state index in [9.17, 15) is 0 Å². The van der Waals surface area contributed by atoms with Crippen molar-refractivity contribution in [2.75, 3.05) is 13.1 Å². The van der Waals surface area contributed by atoms with Crippen LogP contribution in [0, 0.1) is 5.92 Å². The molecule has 1 aromatic heterocycles. The van der Waals surface area contributed by atoms with E-state index in [1.807, 2.05) is 4.68 Å². The van der Waals surface area contributed by atoms with Crippen LogP contribution in [0.1, 0.15) is 46.4 Å². The molecule has 1 N–H and O–H groups in total. The van der Waals surface area contributed by atoms with Crippen molar-refractivity contribution in [3.8, 4) is 0 Å². The van der Waals surface area contributed by atoms with Gasteiger partial charge in [-0.2, -0.15) is 5.10 Å². The molecule has 0 amide bonds. The van der Waals surface area contributed by atoms with Gasteiger partial charge in [-0.1, -0.05) is 27.2 Å². The summed E-state index contributed by atoms with van der Waals surface area (Å²) >= 11 is 0. The van der Waals surface area contributed by atoms with Crippen molar-refractivity contribution >= 4 is 0 Å². The molecule has 0 spiro atoms. The molecule has 0 aliphatic carbocycles. The van der Waals surface area contributed by atoms with Crippen LogP contribution >= 0.6 is 0 Å². The Bertz CT molecular complexity index is 403. The van der Waals surface area contributed by atoms with E-state index >= 15 is 0 Å². The molecule has 0 radical (unpaired) electrons. The third-order valence-electron chi connectivity index (χ3n) is 4.71. The Morgan fingerprint density at radius 2 is 2.20 bits per heavy atom. The van der Waals surface area contributed by atoms with Gasteiger partial charge in [-0.15, -0.1) is 0 Å². The van der Waals surface area contributed by atoms with Crippen molar-refractivity contribution in [3.05, 3.63) is 12.2 Å². The van der Waals surface area contributed by atoms with Crippen molar-refractivity contribution in [1.82, 2.24) is 25.0 Å². The Morgan fingerprint density at radius 3 is 2.85 bits per heavy atom. The average Bonchev–Trinajstić information content (AvgIpc) is 2.93. The fourth-order valence-corrected chi connectivity index (χ4v) is 3.00. The van der Waals surface area contributed by atoms with Gasteiger partial charge in [0, 0.05) is 31.7 Å². The molecule has 5 nitrogen and oxygen atoms in total. The highest BCUT2D eigenvalue weighted by Crippen LogP contribution is 2.19. The first-order valence-electron chi connectivity index (χ1n) is 8.03. The van der Waals surface area contributed by atoms with Crippen LogP contribution in [-0.2, 0) is 13.1 Å². The third-order valence-corrected chi connectivity index (χ3v) is 4.71. The summed E-state index contributed by atoms with van der Waals surface area (Å²) in [5.41, 5.74) is 0. The first-order valence-corrected chi connectivity index (χ1v) is 8.03. The number of nitrogens with one attached hydrogen (secondary N) is 1. The molecule has 0 saturated carbocycles. The molecule has 2 heterocycles. The van der Waals surface area contributed by atoms with E-state index in [1.54, 1.807) is 6.33 Å². The summed E-state index contributed by atoms with van der Waals surface area (Å²) in [5.74, 6) is 1.81. The zero-order chi connectivity index (χ0) is 14.5.